The summed E-state index contributed by atoms with van der Waals surface area (Å²) in [7, 11) is 0. The van der Waals surface area contributed by atoms with Crippen molar-refractivity contribution in [3.63, 3.8) is 0 Å². The molecule has 5 rings (SSSR count). The quantitative estimate of drug-likeness (QED) is 0.254. The van der Waals surface area contributed by atoms with Crippen molar-refractivity contribution < 1.29 is 0 Å². The second-order valence-corrected chi connectivity index (χ2v) is 16.4. The molecule has 0 aromatic carbocycles. The van der Waals surface area contributed by atoms with Crippen LogP contribution in [0.3, 0.4) is 0 Å². The van der Waals surface area contributed by atoms with Gasteiger partial charge in [-0.05, 0) is 71.0 Å². The van der Waals surface area contributed by atoms with E-state index in [1.165, 1.54) is 0 Å². The number of fused-ring (bicyclic) bond motifs is 12. The first-order chi connectivity index (χ1) is 14.4. The van der Waals surface area contributed by atoms with Gasteiger partial charge in [-0.3, -0.25) is 0 Å². The summed E-state index contributed by atoms with van der Waals surface area (Å²) in [4.78, 5) is 0. The summed E-state index contributed by atoms with van der Waals surface area (Å²) in [5.74, 6) is 0. The Morgan fingerprint density at radius 3 is 1.03 bits per heavy atom. The molecule has 5 aliphatic carbocycles. The summed E-state index contributed by atoms with van der Waals surface area (Å²) < 4.78 is 0. The zero-order chi connectivity index (χ0) is 25.8. The third-order valence-electron chi connectivity index (χ3n) is 18.6. The fraction of sp³-hybridized carbons (Fsp3) is 0.879. The van der Waals surface area contributed by atoms with Gasteiger partial charge in [-0.25, -0.2) is 0 Å². The van der Waals surface area contributed by atoms with Gasteiger partial charge in [-0.1, -0.05) is 119 Å². The average Bonchev–Trinajstić information content (AvgIpc) is 3.03. The van der Waals surface area contributed by atoms with Crippen LogP contribution in [0.5, 0.6) is 0 Å². The van der Waals surface area contributed by atoms with Crippen LogP contribution in [0, 0.1) is 59.6 Å². The van der Waals surface area contributed by atoms with Crippen LogP contribution in [-0.4, -0.2) is 0 Å². The van der Waals surface area contributed by atoms with Crippen molar-refractivity contribution in [2.45, 2.75) is 125 Å². The molecule has 0 spiro atoms. The highest BCUT2D eigenvalue weighted by molar-refractivity contribution is 5.61. The number of allylic oxidation sites excluding steroid dienone is 4. The molecule has 0 radical (unpaired) electrons. The molecular formula is C33H54. The Hall–Kier alpha value is -0.520. The predicted molar refractivity (Wildman–Crippen MR) is 143 cm³/mol. The van der Waals surface area contributed by atoms with Gasteiger partial charge in [0.15, 0.2) is 0 Å². The maximum Gasteiger partial charge on any atom is 0.00160 e. The molecule has 3 saturated carbocycles. The zero-order valence-corrected chi connectivity index (χ0v) is 25.5. The van der Waals surface area contributed by atoms with Crippen molar-refractivity contribution in [3.05, 3.63) is 22.3 Å². The van der Waals surface area contributed by atoms with Crippen molar-refractivity contribution in [1.82, 2.24) is 0 Å². The molecule has 0 N–H and O–H groups in total. The second-order valence-electron chi connectivity index (χ2n) is 16.4. The van der Waals surface area contributed by atoms with Crippen LogP contribution in [0.25, 0.3) is 0 Å². The molecule has 0 amide bonds. The maximum atomic E-state index is 2.78. The van der Waals surface area contributed by atoms with Gasteiger partial charge >= 0.3 is 0 Å². The average molecular weight is 451 g/mol. The molecule has 4 bridgehead atoms. The molecule has 0 nitrogen and oxygen atoms in total. The minimum atomic E-state index is 0.147. The number of rotatable bonds is 0. The van der Waals surface area contributed by atoms with Gasteiger partial charge in [0.1, 0.15) is 0 Å². The first-order valence-corrected chi connectivity index (χ1v) is 13.8. The van der Waals surface area contributed by atoms with Gasteiger partial charge in [0.05, 0.1) is 0 Å². The Balaban J connectivity index is 2.12. The first-order valence-electron chi connectivity index (χ1n) is 13.8. The molecule has 5 aliphatic rings. The molecule has 8 atom stereocenters. The summed E-state index contributed by atoms with van der Waals surface area (Å²) in [6.07, 6.45) is 0. The summed E-state index contributed by atoms with van der Waals surface area (Å²) in [6.45, 7) is 47.8. The smallest absolute Gasteiger partial charge is 0.00160 e. The van der Waals surface area contributed by atoms with E-state index in [1.54, 1.807) is 22.3 Å². The summed E-state index contributed by atoms with van der Waals surface area (Å²) in [6, 6.07) is 0. The Labute approximate surface area is 206 Å². The summed E-state index contributed by atoms with van der Waals surface area (Å²) in [5, 5.41) is 0. The van der Waals surface area contributed by atoms with Crippen LogP contribution < -0.4 is 0 Å². The molecule has 0 heterocycles. The fourth-order valence-electron chi connectivity index (χ4n) is 15.4. The topological polar surface area (TPSA) is 0 Å². The monoisotopic (exact) mass is 450 g/mol. The van der Waals surface area contributed by atoms with E-state index < -0.39 is 0 Å². The largest absolute Gasteiger partial charge is 0.0676 e. The number of hydrogen-bond donors (Lipinski definition) is 0. The Kier molecular flexibility index (Phi) is 3.57. The van der Waals surface area contributed by atoms with Gasteiger partial charge < -0.3 is 0 Å². The van der Waals surface area contributed by atoms with E-state index in [-0.39, 0.29) is 59.6 Å². The van der Waals surface area contributed by atoms with Crippen LogP contribution in [-0.2, 0) is 0 Å². The van der Waals surface area contributed by atoms with E-state index in [1.807, 2.05) is 0 Å². The molecule has 0 heteroatoms. The lowest BCUT2D eigenvalue weighted by Gasteiger charge is -2.75. The van der Waals surface area contributed by atoms with Crippen LogP contribution >= 0.6 is 0 Å². The molecule has 0 saturated heterocycles. The lowest BCUT2D eigenvalue weighted by atomic mass is 9.28. The Morgan fingerprint density at radius 1 is 0.303 bits per heavy atom. The lowest BCUT2D eigenvalue weighted by molar-refractivity contribution is -0.257. The standard InChI is InChI=1S/C33H54/c1-19-20(2)28(13)29(14,23(19,5)6)31(16)25(9,10)30(28,15)32(17)26(11)21(3)22(4)27(12,24(26,7)8)33(31,32)18/h1-18H3. The van der Waals surface area contributed by atoms with E-state index in [9.17, 15) is 0 Å². The van der Waals surface area contributed by atoms with E-state index in [0.29, 0.717) is 0 Å². The van der Waals surface area contributed by atoms with Crippen LogP contribution in [0.2, 0.25) is 0 Å². The van der Waals surface area contributed by atoms with E-state index in [2.05, 4.69) is 125 Å². The molecule has 0 aliphatic heterocycles. The fourth-order valence-corrected chi connectivity index (χ4v) is 15.4. The highest BCUT2D eigenvalue weighted by Gasteiger charge is 3.04. The number of hydrogen-bond acceptors (Lipinski definition) is 0. The van der Waals surface area contributed by atoms with Crippen molar-refractivity contribution in [2.24, 2.45) is 59.6 Å². The van der Waals surface area contributed by atoms with Crippen molar-refractivity contribution >= 4 is 0 Å². The molecule has 8 unspecified atom stereocenters. The molecule has 3 fully saturated rings. The highest BCUT2D eigenvalue weighted by atomic mass is 15.1. The first kappa shape index (κ1) is 24.2. The van der Waals surface area contributed by atoms with Crippen LogP contribution in [0.15, 0.2) is 22.3 Å². The van der Waals surface area contributed by atoms with Crippen molar-refractivity contribution in [3.8, 4) is 0 Å². The minimum Gasteiger partial charge on any atom is -0.0676 e. The highest BCUT2D eigenvalue weighted by Crippen LogP contribution is 3.08. The molecule has 0 aromatic heterocycles. The molecule has 33 heavy (non-hydrogen) atoms. The second kappa shape index (κ2) is 4.87. The lowest BCUT2D eigenvalue weighted by Crippen LogP contribution is -2.71. The normalized spacial score (nSPS) is 61.3. The van der Waals surface area contributed by atoms with Crippen molar-refractivity contribution in [1.29, 1.82) is 0 Å². The van der Waals surface area contributed by atoms with Gasteiger partial charge in [0.2, 0.25) is 0 Å². The summed E-state index contributed by atoms with van der Waals surface area (Å²) in [5.41, 5.74) is 8.59. The maximum absolute atomic E-state index is 2.78. The Morgan fingerprint density at radius 2 is 0.636 bits per heavy atom. The van der Waals surface area contributed by atoms with E-state index in [4.69, 9.17) is 0 Å². The minimum absolute atomic E-state index is 0.147. The molecule has 186 valence electrons. The van der Waals surface area contributed by atoms with Gasteiger partial charge in [-0.2, -0.15) is 0 Å². The summed E-state index contributed by atoms with van der Waals surface area (Å²) >= 11 is 0. The third-order valence-corrected chi connectivity index (χ3v) is 18.6. The SMILES string of the molecule is CC1=C(C)C2(C)C(C)(C1(C)C)C1(C)C(C)(C)C2(C)C2(C)C3(C)C(C)=C(C)C(C)(C3(C)C)C12C. The third kappa shape index (κ3) is 1.24. The van der Waals surface area contributed by atoms with Gasteiger partial charge in [-0.15, -0.1) is 0 Å². The van der Waals surface area contributed by atoms with Crippen LogP contribution in [0.1, 0.15) is 125 Å². The Bertz CT molecular complexity index is 1110. The van der Waals surface area contributed by atoms with E-state index in [0.717, 1.165) is 0 Å². The predicted octanol–water partition coefficient (Wildman–Crippen LogP) is 9.86. The van der Waals surface area contributed by atoms with E-state index >= 15 is 0 Å². The van der Waals surface area contributed by atoms with Crippen molar-refractivity contribution in [2.75, 3.05) is 0 Å². The van der Waals surface area contributed by atoms with Crippen LogP contribution in [0.4, 0.5) is 0 Å². The van der Waals surface area contributed by atoms with Gasteiger partial charge in [0.25, 0.3) is 0 Å². The zero-order valence-electron chi connectivity index (χ0n) is 25.5. The molecule has 0 aromatic rings. The van der Waals surface area contributed by atoms with Gasteiger partial charge in [0, 0.05) is 16.2 Å². The molecular weight excluding hydrogens is 396 g/mol.